The quantitative estimate of drug-likeness (QED) is 0.0380. The van der Waals surface area contributed by atoms with Gasteiger partial charge in [-0.1, -0.05) is 176 Å². The molecule has 0 bridgehead atoms. The van der Waals surface area contributed by atoms with Crippen LogP contribution in [0.15, 0.2) is 0 Å². The number of hydrogen-bond donors (Lipinski definition) is 0. The normalized spacial score (nSPS) is 12.1. The predicted octanol–water partition coefficient (Wildman–Crippen LogP) is 12.2. The highest BCUT2D eigenvalue weighted by Gasteiger charge is 2.19. The first-order valence-corrected chi connectivity index (χ1v) is 20.2. The van der Waals surface area contributed by atoms with E-state index in [0.29, 0.717) is 19.3 Å². The van der Waals surface area contributed by atoms with Gasteiger partial charge in [-0.2, -0.15) is 0 Å². The minimum atomic E-state index is -0.758. The molecule has 0 aliphatic heterocycles. The molecule has 1 atom stereocenters. The lowest BCUT2D eigenvalue weighted by Crippen LogP contribution is -2.30. The van der Waals surface area contributed by atoms with Crippen LogP contribution in [-0.4, -0.2) is 37.2 Å². The Morgan fingerprint density at radius 2 is 0.702 bits per heavy atom. The Bertz CT molecular complexity index is 719. The van der Waals surface area contributed by atoms with E-state index in [9.17, 15) is 14.4 Å². The van der Waals surface area contributed by atoms with Gasteiger partial charge in [-0.15, -0.1) is 0 Å². The molecule has 0 unspecified atom stereocenters. The van der Waals surface area contributed by atoms with Gasteiger partial charge in [0.1, 0.15) is 13.2 Å². The van der Waals surface area contributed by atoms with Gasteiger partial charge in [0, 0.05) is 19.3 Å². The molecule has 6 nitrogen and oxygen atoms in total. The molecule has 0 spiro atoms. The lowest BCUT2D eigenvalue weighted by Gasteiger charge is -2.18. The van der Waals surface area contributed by atoms with Crippen LogP contribution in [0, 0.1) is 11.8 Å². The molecule has 0 saturated heterocycles. The van der Waals surface area contributed by atoms with Crippen LogP contribution in [0.3, 0.4) is 0 Å². The number of rotatable bonds is 35. The fraction of sp³-hybridized carbons (Fsp3) is 0.927. The van der Waals surface area contributed by atoms with Crippen LogP contribution in [0.4, 0.5) is 0 Å². The molecule has 0 aromatic heterocycles. The molecule has 278 valence electrons. The minimum absolute atomic E-state index is 0.0672. The number of esters is 3. The molecule has 0 aromatic rings. The summed E-state index contributed by atoms with van der Waals surface area (Å²) in [5, 5.41) is 0. The number of unbranched alkanes of at least 4 members (excludes halogenated alkanes) is 20. The van der Waals surface area contributed by atoms with Crippen molar-refractivity contribution in [3.05, 3.63) is 0 Å². The summed E-state index contributed by atoms with van der Waals surface area (Å²) >= 11 is 0. The highest BCUT2D eigenvalue weighted by molar-refractivity contribution is 5.71. The monoisotopic (exact) mass is 667 g/mol. The van der Waals surface area contributed by atoms with Crippen molar-refractivity contribution in [2.75, 3.05) is 13.2 Å². The zero-order valence-electron chi connectivity index (χ0n) is 31.9. The second kappa shape index (κ2) is 34.3. The molecule has 6 heteroatoms. The van der Waals surface area contributed by atoms with Crippen LogP contribution >= 0.6 is 0 Å². The molecule has 0 N–H and O–H groups in total. The minimum Gasteiger partial charge on any atom is -0.462 e. The van der Waals surface area contributed by atoms with E-state index in [4.69, 9.17) is 14.2 Å². The molecule has 0 saturated carbocycles. The molecular formula is C41H78O6. The van der Waals surface area contributed by atoms with Crippen molar-refractivity contribution in [3.8, 4) is 0 Å². The molecule has 0 fully saturated rings. The Morgan fingerprint density at radius 1 is 0.404 bits per heavy atom. The van der Waals surface area contributed by atoms with Crippen molar-refractivity contribution in [2.45, 2.75) is 221 Å². The van der Waals surface area contributed by atoms with E-state index < -0.39 is 6.10 Å². The highest BCUT2D eigenvalue weighted by atomic mass is 16.6. The van der Waals surface area contributed by atoms with E-state index in [1.165, 1.54) is 103 Å². The van der Waals surface area contributed by atoms with E-state index in [-0.39, 0.29) is 31.1 Å². The Balaban J connectivity index is 4.30. The molecule has 0 amide bonds. The van der Waals surface area contributed by atoms with Crippen LogP contribution in [-0.2, 0) is 28.6 Å². The standard InChI is InChI=1S/C41H78O6/c1-6-7-8-9-14-21-26-31-39(42)45-34-38(47-41(44)33-28-23-18-17-20-25-30-37(4)5)35-46-40(43)32-27-22-16-13-11-10-12-15-19-24-29-36(2)3/h36-38H,6-35H2,1-5H3/t38-/m1/s1. The summed E-state index contributed by atoms with van der Waals surface area (Å²) in [4.78, 5) is 37.3. The van der Waals surface area contributed by atoms with Crippen molar-refractivity contribution < 1.29 is 28.6 Å². The highest BCUT2D eigenvalue weighted by Crippen LogP contribution is 2.15. The summed E-state index contributed by atoms with van der Waals surface area (Å²) in [6, 6.07) is 0. The van der Waals surface area contributed by atoms with Gasteiger partial charge in [0.15, 0.2) is 6.10 Å². The summed E-state index contributed by atoms with van der Waals surface area (Å²) in [7, 11) is 0. The Kier molecular flexibility index (Phi) is 33.1. The van der Waals surface area contributed by atoms with E-state index >= 15 is 0 Å². The molecule has 0 radical (unpaired) electrons. The maximum atomic E-state index is 12.6. The van der Waals surface area contributed by atoms with Crippen LogP contribution in [0.5, 0.6) is 0 Å². The summed E-state index contributed by atoms with van der Waals surface area (Å²) in [6.45, 7) is 11.2. The molecule has 0 aromatic carbocycles. The third kappa shape index (κ3) is 35.5. The molecule has 0 rings (SSSR count). The first kappa shape index (κ1) is 45.4. The molecule has 0 aliphatic rings. The Hall–Kier alpha value is -1.59. The van der Waals surface area contributed by atoms with Crippen molar-refractivity contribution in [3.63, 3.8) is 0 Å². The first-order chi connectivity index (χ1) is 22.7. The van der Waals surface area contributed by atoms with Crippen molar-refractivity contribution >= 4 is 17.9 Å². The Labute approximate surface area is 291 Å². The Morgan fingerprint density at radius 3 is 1.04 bits per heavy atom. The topological polar surface area (TPSA) is 78.9 Å². The fourth-order valence-electron chi connectivity index (χ4n) is 5.87. The van der Waals surface area contributed by atoms with Crippen LogP contribution < -0.4 is 0 Å². The molecule has 47 heavy (non-hydrogen) atoms. The number of carbonyl (C=O) groups is 3. The summed E-state index contributed by atoms with van der Waals surface area (Å²) in [5.74, 6) is 0.702. The van der Waals surface area contributed by atoms with Crippen molar-refractivity contribution in [1.29, 1.82) is 0 Å². The van der Waals surface area contributed by atoms with Gasteiger partial charge in [0.25, 0.3) is 0 Å². The molecule has 0 aliphatic carbocycles. The number of hydrogen-bond acceptors (Lipinski definition) is 6. The predicted molar refractivity (Wildman–Crippen MR) is 196 cm³/mol. The molecule has 0 heterocycles. The zero-order chi connectivity index (χ0) is 34.8. The average molecular weight is 667 g/mol. The fourth-order valence-corrected chi connectivity index (χ4v) is 5.87. The van der Waals surface area contributed by atoms with Crippen LogP contribution in [0.25, 0.3) is 0 Å². The van der Waals surface area contributed by atoms with E-state index in [0.717, 1.165) is 69.6 Å². The maximum Gasteiger partial charge on any atom is 0.306 e. The largest absolute Gasteiger partial charge is 0.462 e. The van der Waals surface area contributed by atoms with Gasteiger partial charge in [-0.3, -0.25) is 14.4 Å². The molecular weight excluding hydrogens is 588 g/mol. The number of carbonyl (C=O) groups excluding carboxylic acids is 3. The average Bonchev–Trinajstić information content (AvgIpc) is 3.03. The van der Waals surface area contributed by atoms with Crippen molar-refractivity contribution in [1.82, 2.24) is 0 Å². The van der Waals surface area contributed by atoms with Gasteiger partial charge >= 0.3 is 17.9 Å². The zero-order valence-corrected chi connectivity index (χ0v) is 31.9. The lowest BCUT2D eigenvalue weighted by molar-refractivity contribution is -0.167. The second-order valence-corrected chi connectivity index (χ2v) is 14.9. The van der Waals surface area contributed by atoms with Gasteiger partial charge in [-0.25, -0.2) is 0 Å². The van der Waals surface area contributed by atoms with Gasteiger partial charge < -0.3 is 14.2 Å². The third-order valence-electron chi connectivity index (χ3n) is 8.97. The first-order valence-electron chi connectivity index (χ1n) is 20.2. The van der Waals surface area contributed by atoms with Crippen molar-refractivity contribution in [2.24, 2.45) is 11.8 Å². The van der Waals surface area contributed by atoms with E-state index in [1.54, 1.807) is 0 Å². The summed E-state index contributed by atoms with van der Waals surface area (Å²) in [6.07, 6.45) is 29.7. The maximum absolute atomic E-state index is 12.6. The van der Waals surface area contributed by atoms with Gasteiger partial charge in [0.05, 0.1) is 0 Å². The van der Waals surface area contributed by atoms with E-state index in [2.05, 4.69) is 34.6 Å². The second-order valence-electron chi connectivity index (χ2n) is 14.9. The van der Waals surface area contributed by atoms with Crippen LogP contribution in [0.1, 0.15) is 214 Å². The van der Waals surface area contributed by atoms with Crippen LogP contribution in [0.2, 0.25) is 0 Å². The third-order valence-corrected chi connectivity index (χ3v) is 8.97. The van der Waals surface area contributed by atoms with Gasteiger partial charge in [0.2, 0.25) is 0 Å². The lowest BCUT2D eigenvalue weighted by atomic mass is 10.0. The smallest absolute Gasteiger partial charge is 0.306 e. The van der Waals surface area contributed by atoms with Gasteiger partial charge in [-0.05, 0) is 31.1 Å². The SMILES string of the molecule is CCCCCCCCCC(=O)OC[C@H](COC(=O)CCCCCCCCCCCCC(C)C)OC(=O)CCCCCCCCC(C)C. The summed E-state index contributed by atoms with van der Waals surface area (Å²) in [5.41, 5.74) is 0. The summed E-state index contributed by atoms with van der Waals surface area (Å²) < 4.78 is 16.6. The van der Waals surface area contributed by atoms with E-state index in [1.807, 2.05) is 0 Å². The number of ether oxygens (including phenoxy) is 3.